The maximum absolute atomic E-state index is 5.29. The minimum atomic E-state index is 0.801. The van der Waals surface area contributed by atoms with E-state index < -0.39 is 0 Å². The van der Waals surface area contributed by atoms with E-state index in [4.69, 9.17) is 4.74 Å². The van der Waals surface area contributed by atoms with Crippen molar-refractivity contribution >= 4 is 11.8 Å². The van der Waals surface area contributed by atoms with Crippen LogP contribution in [0.2, 0.25) is 0 Å². The largest absolute Gasteiger partial charge is 0.497 e. The summed E-state index contributed by atoms with van der Waals surface area (Å²) in [4.78, 5) is 4.11. The highest BCUT2D eigenvalue weighted by atomic mass is 32.2. The zero-order valence-electron chi connectivity index (χ0n) is 15.5. The van der Waals surface area contributed by atoms with Crippen molar-refractivity contribution in [1.29, 1.82) is 0 Å². The molecule has 6 heteroatoms. The Bertz CT molecular complexity index is 1020. The van der Waals surface area contributed by atoms with Crippen molar-refractivity contribution in [3.8, 4) is 22.8 Å². The Balaban J connectivity index is 1.64. The Morgan fingerprint density at radius 3 is 2.36 bits per heavy atom. The van der Waals surface area contributed by atoms with E-state index in [9.17, 15) is 0 Å². The summed E-state index contributed by atoms with van der Waals surface area (Å²) >= 11 is 1.70. The molecule has 0 aliphatic rings. The fourth-order valence-corrected chi connectivity index (χ4v) is 3.86. The average Bonchev–Trinajstić information content (AvgIpc) is 3.19. The standard InChI is InChI=1S/C22H20N4OS/c1-27-20-9-7-19(8-10-20)26-21(18-11-14-23-15-12-18)24-25-22(26)28-16-13-17-5-3-2-4-6-17/h2-12,14-15H,13,16H2,1H3. The molecule has 28 heavy (non-hydrogen) atoms. The van der Waals surface area contributed by atoms with Gasteiger partial charge < -0.3 is 4.74 Å². The monoisotopic (exact) mass is 388 g/mol. The number of aryl methyl sites for hydroxylation is 1. The molecule has 5 nitrogen and oxygen atoms in total. The highest BCUT2D eigenvalue weighted by Crippen LogP contribution is 2.29. The molecule has 0 unspecified atom stereocenters. The van der Waals surface area contributed by atoms with Crippen molar-refractivity contribution in [2.24, 2.45) is 0 Å². The number of hydrogen-bond acceptors (Lipinski definition) is 5. The van der Waals surface area contributed by atoms with E-state index in [0.717, 1.165) is 40.2 Å². The van der Waals surface area contributed by atoms with Crippen LogP contribution in [0.5, 0.6) is 5.75 Å². The maximum atomic E-state index is 5.29. The molecule has 0 aliphatic carbocycles. The third kappa shape index (κ3) is 4.07. The van der Waals surface area contributed by atoms with Gasteiger partial charge >= 0.3 is 0 Å². The van der Waals surface area contributed by atoms with Crippen molar-refractivity contribution in [3.05, 3.63) is 84.7 Å². The van der Waals surface area contributed by atoms with Crippen molar-refractivity contribution < 1.29 is 4.74 Å². The fraction of sp³-hybridized carbons (Fsp3) is 0.136. The first-order chi connectivity index (χ1) is 13.8. The van der Waals surface area contributed by atoms with Gasteiger partial charge in [0.05, 0.1) is 7.11 Å². The smallest absolute Gasteiger partial charge is 0.196 e. The minimum absolute atomic E-state index is 0.801. The van der Waals surface area contributed by atoms with E-state index >= 15 is 0 Å². The summed E-state index contributed by atoms with van der Waals surface area (Å²) in [6.07, 6.45) is 4.51. The molecule has 0 atom stereocenters. The number of aromatic nitrogens is 4. The lowest BCUT2D eigenvalue weighted by Crippen LogP contribution is -2.00. The summed E-state index contributed by atoms with van der Waals surface area (Å²) < 4.78 is 7.38. The lowest BCUT2D eigenvalue weighted by atomic mass is 10.2. The van der Waals surface area contributed by atoms with E-state index in [0.29, 0.717) is 0 Å². The van der Waals surface area contributed by atoms with Crippen LogP contribution < -0.4 is 4.74 Å². The van der Waals surface area contributed by atoms with Crippen LogP contribution in [0, 0.1) is 0 Å². The molecule has 140 valence electrons. The van der Waals surface area contributed by atoms with Gasteiger partial charge in [-0.2, -0.15) is 0 Å². The first-order valence-corrected chi connectivity index (χ1v) is 10.0. The van der Waals surface area contributed by atoms with Crippen LogP contribution in [0.1, 0.15) is 5.56 Å². The SMILES string of the molecule is COc1ccc(-n2c(SCCc3ccccc3)nnc2-c2ccncc2)cc1. The van der Waals surface area contributed by atoms with Crippen LogP contribution >= 0.6 is 11.8 Å². The highest BCUT2D eigenvalue weighted by Gasteiger charge is 2.16. The number of ether oxygens (including phenoxy) is 1. The van der Waals surface area contributed by atoms with Crippen LogP contribution in [-0.4, -0.2) is 32.6 Å². The van der Waals surface area contributed by atoms with Gasteiger partial charge in [-0.3, -0.25) is 9.55 Å². The first kappa shape index (κ1) is 18.3. The zero-order valence-corrected chi connectivity index (χ0v) is 16.3. The molecular formula is C22H20N4OS. The summed E-state index contributed by atoms with van der Waals surface area (Å²) in [5, 5.41) is 9.80. The first-order valence-electron chi connectivity index (χ1n) is 9.02. The Labute approximate surface area is 168 Å². The molecule has 0 radical (unpaired) electrons. The molecule has 4 rings (SSSR count). The fourth-order valence-electron chi connectivity index (χ4n) is 2.92. The Hall–Kier alpha value is -3.12. The summed E-state index contributed by atoms with van der Waals surface area (Å²) in [6, 6.07) is 22.3. The van der Waals surface area contributed by atoms with Crippen molar-refractivity contribution in [3.63, 3.8) is 0 Å². The average molecular weight is 388 g/mol. The van der Waals surface area contributed by atoms with E-state index in [1.165, 1.54) is 5.56 Å². The number of hydrogen-bond donors (Lipinski definition) is 0. The quantitative estimate of drug-likeness (QED) is 0.431. The third-order valence-electron chi connectivity index (χ3n) is 4.37. The Morgan fingerprint density at radius 1 is 0.893 bits per heavy atom. The maximum Gasteiger partial charge on any atom is 0.196 e. The van der Waals surface area contributed by atoms with Gasteiger partial charge in [0.15, 0.2) is 11.0 Å². The van der Waals surface area contributed by atoms with E-state index in [2.05, 4.69) is 44.0 Å². The molecule has 0 saturated heterocycles. The lowest BCUT2D eigenvalue weighted by molar-refractivity contribution is 0.414. The molecule has 0 spiro atoms. The van der Waals surface area contributed by atoms with Gasteiger partial charge in [0, 0.05) is 29.4 Å². The number of rotatable bonds is 7. The predicted molar refractivity (Wildman–Crippen MR) is 112 cm³/mol. The molecule has 2 aromatic carbocycles. The summed E-state index contributed by atoms with van der Waals surface area (Å²) in [6.45, 7) is 0. The van der Waals surface area contributed by atoms with Gasteiger partial charge in [-0.25, -0.2) is 0 Å². The highest BCUT2D eigenvalue weighted by molar-refractivity contribution is 7.99. The molecule has 0 bridgehead atoms. The van der Waals surface area contributed by atoms with E-state index in [1.54, 1.807) is 31.3 Å². The molecule has 2 aromatic heterocycles. The van der Waals surface area contributed by atoms with E-state index in [-0.39, 0.29) is 0 Å². The summed E-state index contributed by atoms with van der Waals surface area (Å²) in [7, 11) is 1.67. The van der Waals surface area contributed by atoms with Crippen LogP contribution in [0.25, 0.3) is 17.1 Å². The normalized spacial score (nSPS) is 10.8. The number of benzene rings is 2. The lowest BCUT2D eigenvalue weighted by Gasteiger charge is -2.11. The molecule has 0 saturated carbocycles. The number of thioether (sulfide) groups is 1. The third-order valence-corrected chi connectivity index (χ3v) is 5.30. The molecule has 0 amide bonds. The number of pyridine rings is 1. The van der Waals surface area contributed by atoms with E-state index in [1.807, 2.05) is 42.5 Å². The van der Waals surface area contributed by atoms with Crippen LogP contribution in [0.4, 0.5) is 0 Å². The van der Waals surface area contributed by atoms with Crippen LogP contribution in [0.15, 0.2) is 84.3 Å². The van der Waals surface area contributed by atoms with Crippen LogP contribution in [0.3, 0.4) is 0 Å². The zero-order chi connectivity index (χ0) is 19.2. The predicted octanol–water partition coefficient (Wildman–Crippen LogP) is 4.67. The topological polar surface area (TPSA) is 52.8 Å². The molecule has 4 aromatic rings. The van der Waals surface area contributed by atoms with Gasteiger partial charge in [0.2, 0.25) is 0 Å². The molecular weight excluding hydrogens is 368 g/mol. The second kappa shape index (κ2) is 8.71. The second-order valence-corrected chi connectivity index (χ2v) is 7.22. The van der Waals surface area contributed by atoms with Gasteiger partial charge in [-0.05, 0) is 48.4 Å². The molecule has 0 fully saturated rings. The summed E-state index contributed by atoms with van der Waals surface area (Å²) in [5.74, 6) is 2.55. The molecule has 0 N–H and O–H groups in total. The van der Waals surface area contributed by atoms with Crippen molar-refractivity contribution in [2.45, 2.75) is 11.6 Å². The summed E-state index contributed by atoms with van der Waals surface area (Å²) in [5.41, 5.74) is 3.30. The van der Waals surface area contributed by atoms with Crippen molar-refractivity contribution in [2.75, 3.05) is 12.9 Å². The number of methoxy groups -OCH3 is 1. The van der Waals surface area contributed by atoms with Gasteiger partial charge in [-0.15, -0.1) is 10.2 Å². The van der Waals surface area contributed by atoms with Crippen molar-refractivity contribution in [1.82, 2.24) is 19.7 Å². The van der Waals surface area contributed by atoms with Gasteiger partial charge in [-0.1, -0.05) is 42.1 Å². The minimum Gasteiger partial charge on any atom is -0.497 e. The van der Waals surface area contributed by atoms with Crippen LogP contribution in [-0.2, 0) is 6.42 Å². The second-order valence-electron chi connectivity index (χ2n) is 6.16. The molecule has 0 aliphatic heterocycles. The Kier molecular flexibility index (Phi) is 5.68. The molecule has 2 heterocycles. The van der Waals surface area contributed by atoms with Gasteiger partial charge in [0.25, 0.3) is 0 Å². The van der Waals surface area contributed by atoms with Gasteiger partial charge in [0.1, 0.15) is 5.75 Å². The Morgan fingerprint density at radius 2 is 1.64 bits per heavy atom. The number of nitrogens with zero attached hydrogens (tertiary/aromatic N) is 4.